The number of amides is 3. The number of thioether (sulfide) groups is 1. The van der Waals surface area contributed by atoms with E-state index in [1.807, 2.05) is 0 Å². The first-order valence-electron chi connectivity index (χ1n) is 13.2. The zero-order valence-corrected chi connectivity index (χ0v) is 25.3. The highest BCUT2D eigenvalue weighted by molar-refractivity contribution is 8.15. The molecule has 5 rings (SSSR count). The van der Waals surface area contributed by atoms with E-state index in [2.05, 4.69) is 30.1 Å². The number of benzene rings is 2. The monoisotopic (exact) mass is 699 g/mol. The summed E-state index contributed by atoms with van der Waals surface area (Å²) < 4.78 is 84.9. The van der Waals surface area contributed by atoms with Gasteiger partial charge >= 0.3 is 18.6 Å². The van der Waals surface area contributed by atoms with Gasteiger partial charge in [0.1, 0.15) is 18.7 Å². The molecule has 2 aromatic heterocycles. The first kappa shape index (κ1) is 33.7. The molecule has 1 aliphatic rings. The predicted molar refractivity (Wildman–Crippen MR) is 160 cm³/mol. The van der Waals surface area contributed by atoms with Crippen LogP contribution < -0.4 is 15.0 Å². The lowest BCUT2D eigenvalue weighted by atomic mass is 10.1. The van der Waals surface area contributed by atoms with Gasteiger partial charge in [-0.25, -0.2) is 19.4 Å². The minimum Gasteiger partial charge on any atom is -0.404 e. The van der Waals surface area contributed by atoms with Crippen molar-refractivity contribution in [2.24, 2.45) is 4.99 Å². The van der Waals surface area contributed by atoms with E-state index < -0.39 is 43.4 Å². The second-order valence-corrected chi connectivity index (χ2v) is 11.0. The molecule has 0 spiro atoms. The van der Waals surface area contributed by atoms with Crippen LogP contribution >= 0.6 is 23.4 Å². The fourth-order valence-corrected chi connectivity index (χ4v) is 5.24. The number of carbonyl (C=O) groups excluding carboxylic acids is 2. The van der Waals surface area contributed by atoms with Crippen LogP contribution in [0.4, 0.5) is 42.5 Å². The van der Waals surface area contributed by atoms with Crippen molar-refractivity contribution in [2.45, 2.75) is 26.1 Å². The number of ether oxygens (including phenoxy) is 2. The molecule has 19 heteroatoms. The molecule has 47 heavy (non-hydrogen) atoms. The number of urea groups is 1. The Morgan fingerprint density at radius 1 is 1.09 bits per heavy atom. The van der Waals surface area contributed by atoms with Gasteiger partial charge in [0.25, 0.3) is 0 Å². The molecule has 246 valence electrons. The maximum Gasteiger partial charge on any atom is 0.573 e. The number of aryl methyl sites for hydroxylation is 1. The minimum atomic E-state index is -4.86. The lowest BCUT2D eigenvalue weighted by Crippen LogP contribution is -2.31. The van der Waals surface area contributed by atoms with E-state index in [0.717, 1.165) is 28.9 Å². The van der Waals surface area contributed by atoms with E-state index >= 15 is 0 Å². The Balaban J connectivity index is 1.29. The third kappa shape index (κ3) is 8.78. The van der Waals surface area contributed by atoms with E-state index in [4.69, 9.17) is 16.3 Å². The van der Waals surface area contributed by atoms with Crippen LogP contribution in [0.2, 0.25) is 5.02 Å². The average molecular weight is 700 g/mol. The molecule has 0 unspecified atom stereocenters. The highest BCUT2D eigenvalue weighted by atomic mass is 35.5. The number of carbonyl (C=O) groups is 2. The van der Waals surface area contributed by atoms with Crippen LogP contribution in [-0.2, 0) is 16.1 Å². The van der Waals surface area contributed by atoms with E-state index in [1.165, 1.54) is 35.3 Å². The molecule has 0 radical (unpaired) electrons. The normalized spacial score (nSPS) is 14.6. The minimum absolute atomic E-state index is 0.00395. The Morgan fingerprint density at radius 3 is 2.55 bits per heavy atom. The topological polar surface area (TPSA) is 124 Å². The number of aromatic nitrogens is 4. The highest BCUT2D eigenvalue weighted by Gasteiger charge is 2.33. The molecule has 1 saturated heterocycles. The Bertz CT molecular complexity index is 1830. The smallest absolute Gasteiger partial charge is 0.404 e. The van der Waals surface area contributed by atoms with Gasteiger partial charge in [-0.05, 0) is 48.9 Å². The average Bonchev–Trinajstić information content (AvgIpc) is 3.61. The summed E-state index contributed by atoms with van der Waals surface area (Å²) in [4.78, 5) is 38.9. The molecule has 11 nitrogen and oxygen atoms in total. The van der Waals surface area contributed by atoms with Crippen LogP contribution in [0.5, 0.6) is 5.75 Å². The van der Waals surface area contributed by atoms with E-state index in [-0.39, 0.29) is 39.0 Å². The number of hydrogen-bond donors (Lipinski definition) is 1. The quantitative estimate of drug-likeness (QED) is 0.196. The van der Waals surface area contributed by atoms with E-state index in [0.29, 0.717) is 16.7 Å². The van der Waals surface area contributed by atoms with Crippen molar-refractivity contribution in [3.05, 3.63) is 77.2 Å². The molecule has 1 fully saturated rings. The Kier molecular flexibility index (Phi) is 9.73. The summed E-state index contributed by atoms with van der Waals surface area (Å²) in [6.07, 6.45) is -7.22. The van der Waals surface area contributed by atoms with Crippen LogP contribution in [0.3, 0.4) is 0 Å². The maximum absolute atomic E-state index is 12.9. The summed E-state index contributed by atoms with van der Waals surface area (Å²) in [5.74, 6) is -0.641. The van der Waals surface area contributed by atoms with Gasteiger partial charge in [0.05, 0.1) is 35.0 Å². The molecule has 1 N–H and O–H groups in total. The SMILES string of the molecule is Cc1ccc(COCC(F)(F)F)c(N2C(=O)CS/C2=N\C(=O)Nc2ccc(-c3ncn(-c4ccc(OC(F)(F)F)cn4)n3)cc2Cl)c1. The third-order valence-corrected chi connectivity index (χ3v) is 7.35. The zero-order chi connectivity index (χ0) is 33.9. The zero-order valence-electron chi connectivity index (χ0n) is 23.8. The molecule has 3 heterocycles. The number of hydrogen-bond acceptors (Lipinski definition) is 8. The molecule has 0 atom stereocenters. The molecule has 0 bridgehead atoms. The molecule has 0 aliphatic carbocycles. The number of halogens is 7. The van der Waals surface area contributed by atoms with Gasteiger partial charge in [0, 0.05) is 11.1 Å². The maximum atomic E-state index is 12.9. The molecule has 2 aromatic carbocycles. The molecule has 1 aliphatic heterocycles. The largest absolute Gasteiger partial charge is 0.573 e. The summed E-state index contributed by atoms with van der Waals surface area (Å²) >= 11 is 7.37. The van der Waals surface area contributed by atoms with E-state index in [9.17, 15) is 35.9 Å². The Hall–Kier alpha value is -4.68. The molecule has 3 amide bonds. The van der Waals surface area contributed by atoms with Gasteiger partial charge in [-0.2, -0.15) is 18.2 Å². The van der Waals surface area contributed by atoms with Gasteiger partial charge in [-0.3, -0.25) is 9.69 Å². The van der Waals surface area contributed by atoms with Crippen molar-refractivity contribution in [3.8, 4) is 23.0 Å². The van der Waals surface area contributed by atoms with Gasteiger partial charge in [0.15, 0.2) is 16.8 Å². The third-order valence-electron chi connectivity index (χ3n) is 6.12. The van der Waals surface area contributed by atoms with Crippen LogP contribution in [0.15, 0.2) is 66.0 Å². The number of alkyl halides is 6. The van der Waals surface area contributed by atoms with E-state index in [1.54, 1.807) is 25.1 Å². The summed E-state index contributed by atoms with van der Waals surface area (Å²) in [6, 6.07) is 10.7. The number of anilines is 2. The van der Waals surface area contributed by atoms with Crippen LogP contribution in [0, 0.1) is 6.92 Å². The van der Waals surface area contributed by atoms with Gasteiger partial charge in [-0.1, -0.05) is 35.5 Å². The fourth-order valence-electron chi connectivity index (χ4n) is 4.16. The van der Waals surface area contributed by atoms with Gasteiger partial charge < -0.3 is 14.8 Å². The number of rotatable bonds is 8. The second kappa shape index (κ2) is 13.6. The Labute approximate surface area is 270 Å². The standard InChI is InChI=1S/C28H20ClF6N7O4S/c1-15-2-3-17(11-45-13-27(30,31)32)21(8-15)42-23(43)12-47-26(42)39-25(44)38-20-6-4-16(9-19(20)29)24-37-14-41(40-24)22-7-5-18(10-36-22)46-28(33,34)35/h2-10,14H,11-13H2,1H3,(H,38,44)/b39-26-. The van der Waals surface area contributed by atoms with Crippen molar-refractivity contribution < 1.29 is 45.4 Å². The summed E-state index contributed by atoms with van der Waals surface area (Å²) in [5.41, 5.74) is 1.83. The summed E-state index contributed by atoms with van der Waals surface area (Å²) in [5, 5.41) is 6.86. The molecule has 4 aromatic rings. The van der Waals surface area contributed by atoms with Gasteiger partial charge in [-0.15, -0.1) is 18.3 Å². The van der Waals surface area contributed by atoms with Crippen molar-refractivity contribution in [2.75, 3.05) is 22.6 Å². The number of amidine groups is 1. The lowest BCUT2D eigenvalue weighted by molar-refractivity contribution is -0.274. The first-order chi connectivity index (χ1) is 22.1. The van der Waals surface area contributed by atoms with Crippen molar-refractivity contribution in [1.29, 1.82) is 0 Å². The van der Waals surface area contributed by atoms with Crippen LogP contribution in [-0.4, -0.2) is 61.8 Å². The van der Waals surface area contributed by atoms with Crippen molar-refractivity contribution in [3.63, 3.8) is 0 Å². The van der Waals surface area contributed by atoms with Crippen LogP contribution in [0.1, 0.15) is 11.1 Å². The van der Waals surface area contributed by atoms with Crippen LogP contribution in [0.25, 0.3) is 17.2 Å². The molecule has 0 saturated carbocycles. The molecular weight excluding hydrogens is 680 g/mol. The number of nitrogens with zero attached hydrogens (tertiary/aromatic N) is 6. The number of nitrogens with one attached hydrogen (secondary N) is 1. The fraction of sp³-hybridized carbons (Fsp3) is 0.214. The van der Waals surface area contributed by atoms with Crippen molar-refractivity contribution in [1.82, 2.24) is 19.7 Å². The number of aliphatic imine (C=N–C) groups is 1. The lowest BCUT2D eigenvalue weighted by Gasteiger charge is -2.21. The summed E-state index contributed by atoms with van der Waals surface area (Å²) in [6.45, 7) is -0.172. The molecular formula is C28H20ClF6N7O4S. The highest BCUT2D eigenvalue weighted by Crippen LogP contribution is 2.33. The number of pyridine rings is 1. The van der Waals surface area contributed by atoms with Crippen molar-refractivity contribution >= 4 is 51.8 Å². The Morgan fingerprint density at radius 2 is 1.87 bits per heavy atom. The summed E-state index contributed by atoms with van der Waals surface area (Å²) in [7, 11) is 0. The first-order valence-corrected chi connectivity index (χ1v) is 14.5. The second-order valence-electron chi connectivity index (χ2n) is 9.69. The predicted octanol–water partition coefficient (Wildman–Crippen LogP) is 6.94. The van der Waals surface area contributed by atoms with Gasteiger partial charge in [0.2, 0.25) is 5.91 Å².